The maximum Gasteiger partial charge on any atom is 0.0940 e. The van der Waals surface area contributed by atoms with Crippen molar-refractivity contribution >= 4 is 6.21 Å². The highest BCUT2D eigenvalue weighted by atomic mass is 16.5. The van der Waals surface area contributed by atoms with Crippen molar-refractivity contribution in [3.05, 3.63) is 0 Å². The summed E-state index contributed by atoms with van der Waals surface area (Å²) in [6.07, 6.45) is 2.54. The van der Waals surface area contributed by atoms with E-state index in [4.69, 9.17) is 10.1 Å². The van der Waals surface area contributed by atoms with Gasteiger partial charge in [0.05, 0.1) is 12.7 Å². The lowest BCUT2D eigenvalue weighted by atomic mass is 10.2. The largest absolute Gasteiger partial charge is 0.372 e. The van der Waals surface area contributed by atoms with Gasteiger partial charge in [-0.3, -0.25) is 0 Å². The molecule has 0 aromatic rings. The van der Waals surface area contributed by atoms with E-state index in [2.05, 4.69) is 0 Å². The van der Waals surface area contributed by atoms with Crippen LogP contribution in [0.1, 0.15) is 6.42 Å². The molecule has 1 heterocycles. The molecule has 1 saturated heterocycles. The van der Waals surface area contributed by atoms with Crippen LogP contribution < -0.4 is 0 Å². The number of rotatable bonds is 1. The van der Waals surface area contributed by atoms with E-state index in [9.17, 15) is 0 Å². The van der Waals surface area contributed by atoms with Crippen LogP contribution in [0.25, 0.3) is 0 Å². The zero-order valence-corrected chi connectivity index (χ0v) is 3.48. The molecule has 6 heavy (non-hydrogen) atoms. The van der Waals surface area contributed by atoms with E-state index in [0.717, 1.165) is 13.0 Å². The maximum absolute atomic E-state index is 6.61. The molecule has 0 amide bonds. The van der Waals surface area contributed by atoms with Crippen LogP contribution in [-0.2, 0) is 4.74 Å². The Morgan fingerprint density at radius 1 is 1.83 bits per heavy atom. The zero-order valence-electron chi connectivity index (χ0n) is 3.48. The minimum absolute atomic E-state index is 0.157. The first-order valence-electron chi connectivity index (χ1n) is 2.05. The summed E-state index contributed by atoms with van der Waals surface area (Å²) in [5.41, 5.74) is 0. The Hall–Kier alpha value is -0.370. The van der Waals surface area contributed by atoms with Crippen molar-refractivity contribution in [2.45, 2.75) is 12.5 Å². The topological polar surface area (TPSA) is 33.1 Å². The van der Waals surface area contributed by atoms with Gasteiger partial charge < -0.3 is 10.1 Å². The molecule has 1 aliphatic heterocycles. The first-order chi connectivity index (χ1) is 2.93. The number of hydrogen-bond acceptors (Lipinski definition) is 2. The van der Waals surface area contributed by atoms with Crippen LogP contribution in [0.3, 0.4) is 0 Å². The smallest absolute Gasteiger partial charge is 0.0940 e. The Balaban J connectivity index is 2.16. The van der Waals surface area contributed by atoms with Gasteiger partial charge in [0, 0.05) is 12.6 Å². The van der Waals surface area contributed by atoms with Gasteiger partial charge in [-0.15, -0.1) is 0 Å². The summed E-state index contributed by atoms with van der Waals surface area (Å²) in [5, 5.41) is 6.61. The molecular weight excluding hydrogens is 78.0 g/mol. The average Bonchev–Trinajstić information content (AvgIpc) is 1.31. The first-order valence-corrected chi connectivity index (χ1v) is 2.05. The van der Waals surface area contributed by atoms with E-state index in [0.29, 0.717) is 0 Å². The van der Waals surface area contributed by atoms with E-state index < -0.39 is 0 Å². The van der Waals surface area contributed by atoms with Gasteiger partial charge >= 0.3 is 0 Å². The molecule has 34 valence electrons. The molecule has 2 heteroatoms. The van der Waals surface area contributed by atoms with Gasteiger partial charge in [-0.25, -0.2) is 0 Å². The molecule has 0 aromatic carbocycles. The molecule has 0 aliphatic carbocycles. The fourth-order valence-electron chi connectivity index (χ4n) is 0.385. The second kappa shape index (κ2) is 1.39. The lowest BCUT2D eigenvalue weighted by Crippen LogP contribution is -2.27. The average molecular weight is 85.1 g/mol. The number of hydrogen-bond donors (Lipinski definition) is 1. The Bertz CT molecular complexity index is 58.6. The Labute approximate surface area is 36.6 Å². The molecule has 1 atom stereocenters. The highest BCUT2D eigenvalue weighted by molar-refractivity contribution is 5.60. The first kappa shape index (κ1) is 3.81. The van der Waals surface area contributed by atoms with Crippen molar-refractivity contribution in [3.8, 4) is 0 Å². The molecule has 1 aliphatic rings. The Morgan fingerprint density at radius 2 is 2.50 bits per heavy atom. The second-order valence-corrected chi connectivity index (χ2v) is 1.36. The van der Waals surface area contributed by atoms with Crippen LogP contribution in [0.15, 0.2) is 0 Å². The van der Waals surface area contributed by atoms with Gasteiger partial charge in [0.15, 0.2) is 0 Å². The van der Waals surface area contributed by atoms with Gasteiger partial charge in [0.1, 0.15) is 0 Å². The quantitative estimate of drug-likeness (QED) is 0.460. The van der Waals surface area contributed by atoms with Crippen LogP contribution in [0.5, 0.6) is 0 Å². The van der Waals surface area contributed by atoms with Crippen molar-refractivity contribution in [2.24, 2.45) is 0 Å². The predicted molar refractivity (Wildman–Crippen MR) is 23.1 cm³/mol. The molecule has 1 fully saturated rings. The molecule has 1 rings (SSSR count). The zero-order chi connectivity index (χ0) is 4.41. The minimum atomic E-state index is 0.157. The van der Waals surface area contributed by atoms with E-state index in [-0.39, 0.29) is 6.10 Å². The SMILES string of the molecule is N=CC1CCO1. The molecule has 0 radical (unpaired) electrons. The summed E-state index contributed by atoms with van der Waals surface area (Å²) in [6.45, 7) is 0.847. The van der Waals surface area contributed by atoms with Crippen molar-refractivity contribution < 1.29 is 4.74 Å². The van der Waals surface area contributed by atoms with E-state index >= 15 is 0 Å². The summed E-state index contributed by atoms with van der Waals surface area (Å²) in [7, 11) is 0. The lowest BCUT2D eigenvalue weighted by Gasteiger charge is -2.20. The third-order valence-electron chi connectivity index (χ3n) is 0.920. The van der Waals surface area contributed by atoms with Crippen LogP contribution in [0, 0.1) is 5.41 Å². The summed E-state index contributed by atoms with van der Waals surface area (Å²) in [5.74, 6) is 0. The van der Waals surface area contributed by atoms with Gasteiger partial charge in [-0.1, -0.05) is 0 Å². The molecule has 1 unspecified atom stereocenters. The number of ether oxygens (including phenoxy) is 1. The highest BCUT2D eigenvalue weighted by Gasteiger charge is 2.13. The Kier molecular flexibility index (Phi) is 0.881. The molecule has 2 nitrogen and oxygen atoms in total. The predicted octanol–water partition coefficient (Wildman–Crippen LogP) is 0.425. The van der Waals surface area contributed by atoms with Crippen molar-refractivity contribution in [3.63, 3.8) is 0 Å². The van der Waals surface area contributed by atoms with Gasteiger partial charge in [-0.05, 0) is 0 Å². The molecular formula is C4H7NO. The van der Waals surface area contributed by atoms with Crippen LogP contribution in [-0.4, -0.2) is 18.9 Å². The minimum Gasteiger partial charge on any atom is -0.372 e. The fraction of sp³-hybridized carbons (Fsp3) is 0.750. The van der Waals surface area contributed by atoms with E-state index in [1.807, 2.05) is 0 Å². The third-order valence-corrected chi connectivity index (χ3v) is 0.920. The van der Waals surface area contributed by atoms with Crippen molar-refractivity contribution in [1.29, 1.82) is 5.41 Å². The molecule has 0 spiro atoms. The molecule has 1 N–H and O–H groups in total. The summed E-state index contributed by atoms with van der Waals surface area (Å²) >= 11 is 0. The van der Waals surface area contributed by atoms with Crippen LogP contribution in [0.4, 0.5) is 0 Å². The summed E-state index contributed by atoms with van der Waals surface area (Å²) < 4.78 is 4.84. The molecule has 0 saturated carbocycles. The molecule has 0 aromatic heterocycles. The summed E-state index contributed by atoms with van der Waals surface area (Å²) in [6, 6.07) is 0. The van der Waals surface area contributed by atoms with Crippen molar-refractivity contribution in [2.75, 3.05) is 6.61 Å². The maximum atomic E-state index is 6.61. The van der Waals surface area contributed by atoms with Crippen molar-refractivity contribution in [1.82, 2.24) is 0 Å². The fourth-order valence-corrected chi connectivity index (χ4v) is 0.385. The van der Waals surface area contributed by atoms with E-state index in [1.54, 1.807) is 0 Å². The normalized spacial score (nSPS) is 31.7. The second-order valence-electron chi connectivity index (χ2n) is 1.36. The summed E-state index contributed by atoms with van der Waals surface area (Å²) in [4.78, 5) is 0. The van der Waals surface area contributed by atoms with Gasteiger partial charge in [-0.2, -0.15) is 0 Å². The highest BCUT2D eigenvalue weighted by Crippen LogP contribution is 2.06. The van der Waals surface area contributed by atoms with Crippen LogP contribution >= 0.6 is 0 Å². The third kappa shape index (κ3) is 0.431. The monoisotopic (exact) mass is 85.1 g/mol. The van der Waals surface area contributed by atoms with Crippen LogP contribution in [0.2, 0.25) is 0 Å². The van der Waals surface area contributed by atoms with Gasteiger partial charge in [0.25, 0.3) is 0 Å². The lowest BCUT2D eigenvalue weighted by molar-refractivity contribution is -0.00284. The van der Waals surface area contributed by atoms with E-state index in [1.165, 1.54) is 6.21 Å². The Morgan fingerprint density at radius 3 is 2.50 bits per heavy atom. The standard InChI is InChI=1S/C4H7NO/c5-3-4-1-2-6-4/h3-5H,1-2H2. The van der Waals surface area contributed by atoms with Gasteiger partial charge in [0.2, 0.25) is 0 Å². The number of nitrogens with one attached hydrogen (secondary N) is 1. The molecule has 0 bridgehead atoms.